The van der Waals surface area contributed by atoms with Crippen molar-refractivity contribution in [2.24, 2.45) is 5.73 Å². The second-order valence-corrected chi connectivity index (χ2v) is 4.77. The van der Waals surface area contributed by atoms with Crippen LogP contribution in [-0.2, 0) is 12.7 Å². The molecule has 2 heterocycles. The molecule has 0 aliphatic heterocycles. The third-order valence-electron chi connectivity index (χ3n) is 2.28. The molecule has 2 aromatic heterocycles. The summed E-state index contributed by atoms with van der Waals surface area (Å²) in [6, 6.07) is 5.89. The van der Waals surface area contributed by atoms with Gasteiger partial charge in [-0.15, -0.1) is 0 Å². The van der Waals surface area contributed by atoms with E-state index in [1.54, 1.807) is 18.3 Å². The fourth-order valence-corrected chi connectivity index (χ4v) is 2.17. The Labute approximate surface area is 112 Å². The van der Waals surface area contributed by atoms with Gasteiger partial charge < -0.3 is 5.73 Å². The van der Waals surface area contributed by atoms with Crippen molar-refractivity contribution < 1.29 is 13.2 Å². The summed E-state index contributed by atoms with van der Waals surface area (Å²) in [4.78, 5) is 8.66. The molecule has 0 bridgehead atoms. The number of halogens is 3. The van der Waals surface area contributed by atoms with Crippen molar-refractivity contribution >= 4 is 11.8 Å². The minimum absolute atomic E-state index is 0.314. The van der Waals surface area contributed by atoms with Crippen LogP contribution in [0.25, 0.3) is 0 Å². The molecule has 3 nitrogen and oxygen atoms in total. The van der Waals surface area contributed by atoms with Gasteiger partial charge in [0.05, 0.1) is 11.3 Å². The first-order valence-corrected chi connectivity index (χ1v) is 6.17. The van der Waals surface area contributed by atoms with Crippen molar-refractivity contribution in [3.05, 3.63) is 47.9 Å². The molecule has 0 amide bonds. The lowest BCUT2D eigenvalue weighted by Crippen LogP contribution is -2.05. The number of hydrogen-bond donors (Lipinski definition) is 1. The lowest BCUT2D eigenvalue weighted by Gasteiger charge is -2.07. The van der Waals surface area contributed by atoms with E-state index >= 15 is 0 Å². The third kappa shape index (κ3) is 3.68. The Bertz CT molecular complexity index is 555. The number of hydrogen-bond acceptors (Lipinski definition) is 4. The lowest BCUT2D eigenvalue weighted by molar-refractivity contribution is -0.137. The zero-order valence-electron chi connectivity index (χ0n) is 9.69. The number of aromatic nitrogens is 2. The quantitative estimate of drug-likeness (QED) is 0.941. The summed E-state index contributed by atoms with van der Waals surface area (Å²) in [5.41, 5.74) is 5.43. The van der Waals surface area contributed by atoms with Gasteiger partial charge in [-0.3, -0.25) is 4.98 Å². The van der Waals surface area contributed by atoms with Gasteiger partial charge in [-0.05, 0) is 24.3 Å². The normalized spacial score (nSPS) is 11.6. The summed E-state index contributed by atoms with van der Waals surface area (Å²) in [5.74, 6) is 0. The van der Waals surface area contributed by atoms with E-state index < -0.39 is 11.7 Å². The molecule has 0 atom stereocenters. The van der Waals surface area contributed by atoms with Gasteiger partial charge in [0.2, 0.25) is 0 Å². The highest BCUT2D eigenvalue weighted by molar-refractivity contribution is 7.99. The summed E-state index contributed by atoms with van der Waals surface area (Å²) in [6.07, 6.45) is -1.93. The van der Waals surface area contributed by atoms with Gasteiger partial charge in [-0.2, -0.15) is 13.2 Å². The maximum Gasteiger partial charge on any atom is 0.417 e. The Morgan fingerprint density at radius 1 is 1.16 bits per heavy atom. The molecule has 0 aliphatic rings. The second-order valence-electron chi connectivity index (χ2n) is 3.67. The Morgan fingerprint density at radius 2 is 1.95 bits per heavy atom. The molecule has 2 N–H and O–H groups in total. The van der Waals surface area contributed by atoms with Crippen LogP contribution in [0.3, 0.4) is 0 Å². The molecular weight excluding hydrogens is 275 g/mol. The zero-order chi connectivity index (χ0) is 13.9. The van der Waals surface area contributed by atoms with E-state index in [1.165, 1.54) is 17.8 Å². The van der Waals surface area contributed by atoms with Crippen LogP contribution < -0.4 is 5.73 Å². The van der Waals surface area contributed by atoms with E-state index in [-0.39, 0.29) is 0 Å². The van der Waals surface area contributed by atoms with Crippen LogP contribution in [0.15, 0.2) is 46.6 Å². The monoisotopic (exact) mass is 285 g/mol. The molecule has 0 saturated heterocycles. The smallest absolute Gasteiger partial charge is 0.325 e. The largest absolute Gasteiger partial charge is 0.417 e. The van der Waals surface area contributed by atoms with Crippen LogP contribution in [-0.4, -0.2) is 9.97 Å². The van der Waals surface area contributed by atoms with Crippen molar-refractivity contribution in [2.45, 2.75) is 22.6 Å². The SMILES string of the molecule is NCc1cc(Sc2ccc(C(F)(F)F)cn2)ccn1. The fourth-order valence-electron chi connectivity index (χ4n) is 1.36. The molecule has 0 radical (unpaired) electrons. The highest BCUT2D eigenvalue weighted by atomic mass is 32.2. The topological polar surface area (TPSA) is 51.8 Å². The van der Waals surface area contributed by atoms with Gasteiger partial charge in [0, 0.05) is 23.8 Å². The first-order chi connectivity index (χ1) is 8.99. The van der Waals surface area contributed by atoms with Crippen molar-refractivity contribution in [1.29, 1.82) is 0 Å². The van der Waals surface area contributed by atoms with E-state index in [1.807, 2.05) is 0 Å². The first-order valence-electron chi connectivity index (χ1n) is 5.35. The molecule has 19 heavy (non-hydrogen) atoms. The number of pyridine rings is 2. The van der Waals surface area contributed by atoms with Crippen molar-refractivity contribution in [2.75, 3.05) is 0 Å². The van der Waals surface area contributed by atoms with E-state index in [0.717, 1.165) is 22.9 Å². The molecule has 0 unspecified atom stereocenters. The average Bonchev–Trinajstić information content (AvgIpc) is 2.38. The maximum absolute atomic E-state index is 12.4. The average molecular weight is 285 g/mol. The van der Waals surface area contributed by atoms with E-state index in [0.29, 0.717) is 11.6 Å². The first kappa shape index (κ1) is 13.8. The standard InChI is InChI=1S/C12H10F3N3S/c13-12(14,15)8-1-2-11(18-7-8)19-10-3-4-17-9(5-10)6-16/h1-5,7H,6,16H2. The van der Waals surface area contributed by atoms with Crippen LogP contribution in [0.5, 0.6) is 0 Å². The van der Waals surface area contributed by atoms with E-state index in [9.17, 15) is 13.2 Å². The summed E-state index contributed by atoms with van der Waals surface area (Å²) < 4.78 is 37.1. The molecule has 0 aliphatic carbocycles. The van der Waals surface area contributed by atoms with Gasteiger partial charge >= 0.3 is 6.18 Å². The zero-order valence-corrected chi connectivity index (χ0v) is 10.5. The van der Waals surface area contributed by atoms with Crippen LogP contribution in [0.4, 0.5) is 13.2 Å². The molecule has 0 saturated carbocycles. The molecule has 2 rings (SSSR count). The molecular formula is C12H10F3N3S. The highest BCUT2D eigenvalue weighted by Crippen LogP contribution is 2.31. The number of nitrogens with two attached hydrogens (primary N) is 1. The molecule has 0 spiro atoms. The van der Waals surface area contributed by atoms with Crippen molar-refractivity contribution in [3.8, 4) is 0 Å². The molecule has 100 valence electrons. The van der Waals surface area contributed by atoms with Crippen molar-refractivity contribution in [1.82, 2.24) is 9.97 Å². The predicted octanol–water partition coefficient (Wildman–Crippen LogP) is 3.11. The third-order valence-corrected chi connectivity index (χ3v) is 3.22. The van der Waals surface area contributed by atoms with Gasteiger partial charge in [0.1, 0.15) is 5.03 Å². The molecule has 7 heteroatoms. The van der Waals surface area contributed by atoms with Crippen LogP contribution in [0.1, 0.15) is 11.3 Å². The van der Waals surface area contributed by atoms with Gasteiger partial charge in [0.15, 0.2) is 0 Å². The van der Waals surface area contributed by atoms with Gasteiger partial charge in [-0.1, -0.05) is 11.8 Å². The predicted molar refractivity (Wildman–Crippen MR) is 65.5 cm³/mol. The summed E-state index contributed by atoms with van der Waals surface area (Å²) >= 11 is 1.26. The summed E-state index contributed by atoms with van der Waals surface area (Å²) in [6.45, 7) is 0.314. The van der Waals surface area contributed by atoms with E-state index in [2.05, 4.69) is 9.97 Å². The molecule has 2 aromatic rings. The minimum atomic E-state index is -4.36. The highest BCUT2D eigenvalue weighted by Gasteiger charge is 2.30. The Kier molecular flexibility index (Phi) is 4.06. The second kappa shape index (κ2) is 5.58. The number of nitrogens with zero attached hydrogens (tertiary/aromatic N) is 2. The molecule has 0 aromatic carbocycles. The van der Waals surface area contributed by atoms with Crippen LogP contribution in [0, 0.1) is 0 Å². The Balaban J connectivity index is 2.15. The van der Waals surface area contributed by atoms with Crippen molar-refractivity contribution in [3.63, 3.8) is 0 Å². The van der Waals surface area contributed by atoms with Gasteiger partial charge in [-0.25, -0.2) is 4.98 Å². The lowest BCUT2D eigenvalue weighted by atomic mass is 10.3. The Hall–Kier alpha value is -1.60. The number of rotatable bonds is 3. The fraction of sp³-hybridized carbons (Fsp3) is 0.167. The molecule has 0 fully saturated rings. The van der Waals surface area contributed by atoms with Crippen LogP contribution >= 0.6 is 11.8 Å². The summed E-state index contributed by atoms with van der Waals surface area (Å²) in [5, 5.41) is 0.488. The minimum Gasteiger partial charge on any atom is -0.325 e. The summed E-state index contributed by atoms with van der Waals surface area (Å²) in [7, 11) is 0. The van der Waals surface area contributed by atoms with Crippen LogP contribution in [0.2, 0.25) is 0 Å². The Morgan fingerprint density at radius 3 is 2.53 bits per heavy atom. The maximum atomic E-state index is 12.4. The van der Waals surface area contributed by atoms with Gasteiger partial charge in [0.25, 0.3) is 0 Å². The van der Waals surface area contributed by atoms with E-state index in [4.69, 9.17) is 5.73 Å². The number of alkyl halides is 3.